The van der Waals surface area contributed by atoms with E-state index in [-0.39, 0.29) is 6.86 Å². The summed E-state index contributed by atoms with van der Waals surface area (Å²) in [7, 11) is -3.11. The van der Waals surface area contributed by atoms with Crippen LogP contribution >= 0.6 is 58.0 Å². The van der Waals surface area contributed by atoms with Gasteiger partial charge in [0.25, 0.3) is 0 Å². The number of pyridine rings is 2. The van der Waals surface area contributed by atoms with Gasteiger partial charge in [-0.1, -0.05) is 136 Å². The van der Waals surface area contributed by atoms with Gasteiger partial charge in [0.1, 0.15) is 0 Å². The highest BCUT2D eigenvalue weighted by atomic mass is 35.5. The molecule has 5 aromatic carbocycles. The van der Waals surface area contributed by atoms with E-state index in [1.54, 1.807) is 36.4 Å². The highest BCUT2D eigenvalue weighted by molar-refractivity contribution is 7.59. The number of para-hydroxylation sites is 2. The summed E-state index contributed by atoms with van der Waals surface area (Å²) in [6, 6.07) is 39.5. The molecule has 6 nitrogen and oxygen atoms in total. The van der Waals surface area contributed by atoms with Crippen molar-refractivity contribution in [3.8, 4) is 22.5 Å². The number of fused-ring (bicyclic) bond motifs is 2. The lowest BCUT2D eigenvalue weighted by Gasteiger charge is -2.06. The third kappa shape index (κ3) is 10.9. The molecule has 0 aliphatic carbocycles. The van der Waals surface area contributed by atoms with Gasteiger partial charge >= 0.3 is 10.6 Å². The molecular weight excluding hydrogens is 746 g/mol. The molecule has 0 saturated carbocycles. The number of aromatic nitrogens is 2. The summed E-state index contributed by atoms with van der Waals surface area (Å²) < 4.78 is 25.3. The fourth-order valence-electron chi connectivity index (χ4n) is 4.49. The highest BCUT2D eigenvalue weighted by Gasteiger charge is 2.08. The first kappa shape index (κ1) is 37.6. The third-order valence-electron chi connectivity index (χ3n) is 6.79. The average molecular weight is 774 g/mol. The molecule has 0 saturated heterocycles. The van der Waals surface area contributed by atoms with Crippen molar-refractivity contribution in [1.29, 1.82) is 0 Å². The van der Waals surface area contributed by atoms with Gasteiger partial charge in [-0.05, 0) is 61.0 Å². The summed E-state index contributed by atoms with van der Waals surface area (Å²) in [6.45, 7) is 2.08. The van der Waals surface area contributed by atoms with Crippen molar-refractivity contribution in [3.63, 3.8) is 0 Å². The van der Waals surface area contributed by atoms with Crippen LogP contribution in [-0.2, 0) is 10.6 Å². The van der Waals surface area contributed by atoms with Crippen molar-refractivity contribution < 1.29 is 14.1 Å². The molecule has 7 aromatic rings. The van der Waals surface area contributed by atoms with Crippen LogP contribution in [0.1, 0.15) is 6.99 Å². The maximum absolute atomic E-state index is 12.0. The number of aryl methyl sites for hydroxylation is 1. The zero-order chi connectivity index (χ0) is 35.5. The molecule has 0 atom stereocenters. The van der Waals surface area contributed by atoms with Gasteiger partial charge < -0.3 is 4.98 Å². The molecular formula is C37H27Cl5N2O4S. The zero-order valence-corrected chi connectivity index (χ0v) is 30.1. The SMILES string of the molecule is Cc1ccccc1.Clc1ccc(-c2cc(Cl)c3ccccc3n2)cc1Cl.O=S(=O)=O.O=c1cc(-c2ccc(Cl)c(Cl)c2)[nH]c2ccccc12.[2HH]. The number of hydrogen-bond donors (Lipinski definition) is 1. The second-order valence-corrected chi connectivity index (χ2v) is 12.7. The van der Waals surface area contributed by atoms with E-state index in [1.807, 2.05) is 78.9 Å². The summed E-state index contributed by atoms with van der Waals surface area (Å²) in [5, 5.41) is 4.27. The van der Waals surface area contributed by atoms with Gasteiger partial charge in [-0.3, -0.25) is 4.79 Å². The Kier molecular flexibility index (Phi) is 13.8. The largest absolute Gasteiger partial charge is 0.425 e. The highest BCUT2D eigenvalue weighted by Crippen LogP contribution is 2.32. The minimum absolute atomic E-state index is 0. The standard InChI is InChI=1S/C15H8Cl3N.C15H9Cl2NO.C7H8.O3S.H2/c16-11-6-5-9(7-13(11)18)15-8-12(17)10-3-1-2-4-14(10)19-15;16-11-6-5-9(7-12(11)17)14-8-15(19)10-3-1-2-4-13(10)18-14;1-7-5-3-2-4-6-7;1-4(2)3;/h1-8H;1-8H,(H,18,19);2-6H,1H3;;1H/i;;;;1+1. The first-order valence-electron chi connectivity index (χ1n) is 14.3. The van der Waals surface area contributed by atoms with Crippen molar-refractivity contribution in [3.05, 3.63) is 168 Å². The average Bonchev–Trinajstić information content (AvgIpc) is 3.08. The van der Waals surface area contributed by atoms with Gasteiger partial charge in [0.05, 0.1) is 36.3 Å². The summed E-state index contributed by atoms with van der Waals surface area (Å²) >= 11 is 30.1. The molecule has 0 aliphatic heterocycles. The molecule has 250 valence electrons. The van der Waals surface area contributed by atoms with Gasteiger partial charge in [0, 0.05) is 35.0 Å². The van der Waals surface area contributed by atoms with Gasteiger partial charge in [-0.2, -0.15) is 0 Å². The van der Waals surface area contributed by atoms with Gasteiger partial charge in [0.2, 0.25) is 0 Å². The van der Waals surface area contributed by atoms with E-state index in [4.69, 9.17) is 70.6 Å². The van der Waals surface area contributed by atoms with E-state index in [2.05, 4.69) is 29.0 Å². The number of benzene rings is 5. The van der Waals surface area contributed by atoms with E-state index >= 15 is 0 Å². The van der Waals surface area contributed by atoms with Crippen LogP contribution in [0.4, 0.5) is 0 Å². The second kappa shape index (κ2) is 18.0. The van der Waals surface area contributed by atoms with Crippen LogP contribution in [0.15, 0.2) is 132 Å². The molecule has 12 heteroatoms. The lowest BCUT2D eigenvalue weighted by Crippen LogP contribution is -2.02. The van der Waals surface area contributed by atoms with E-state index in [0.717, 1.165) is 38.9 Å². The Labute approximate surface area is 310 Å². The third-order valence-corrected chi connectivity index (χ3v) is 8.58. The predicted octanol–water partition coefficient (Wildman–Crippen LogP) is 11.6. The fraction of sp³-hybridized carbons (Fsp3) is 0.0270. The maximum Gasteiger partial charge on any atom is 0.425 e. The molecule has 2 heterocycles. The fourth-order valence-corrected chi connectivity index (χ4v) is 5.35. The van der Waals surface area contributed by atoms with Crippen molar-refractivity contribution in [1.82, 2.24) is 9.97 Å². The Bertz CT molecular complexity index is 2410. The first-order valence-corrected chi connectivity index (χ1v) is 17.2. The van der Waals surface area contributed by atoms with Gasteiger partial charge in [0.15, 0.2) is 5.43 Å². The summed E-state index contributed by atoms with van der Waals surface area (Å²) in [5.74, 6) is 0. The molecule has 0 amide bonds. The van der Waals surface area contributed by atoms with Crippen molar-refractivity contribution in [2.45, 2.75) is 6.92 Å². The molecule has 0 fully saturated rings. The summed E-state index contributed by atoms with van der Waals surface area (Å²) in [5.41, 5.74) is 6.19. The minimum Gasteiger partial charge on any atom is -0.354 e. The Morgan fingerprint density at radius 2 is 1.10 bits per heavy atom. The van der Waals surface area contributed by atoms with Crippen molar-refractivity contribution in [2.24, 2.45) is 0 Å². The number of aromatic amines is 1. The van der Waals surface area contributed by atoms with Gasteiger partial charge in [-0.25, -0.2) is 4.98 Å². The Morgan fingerprint density at radius 1 is 0.571 bits per heavy atom. The molecule has 7 rings (SSSR count). The van der Waals surface area contributed by atoms with E-state index < -0.39 is 10.6 Å². The molecule has 0 bridgehead atoms. The van der Waals surface area contributed by atoms with Gasteiger partial charge in [-0.15, -0.1) is 12.6 Å². The van der Waals surface area contributed by atoms with Crippen LogP contribution in [0.5, 0.6) is 0 Å². The molecule has 0 aliphatic rings. The zero-order valence-electron chi connectivity index (χ0n) is 25.5. The number of rotatable bonds is 2. The van der Waals surface area contributed by atoms with Crippen LogP contribution in [0.2, 0.25) is 25.1 Å². The van der Waals surface area contributed by atoms with Crippen LogP contribution in [0, 0.1) is 6.92 Å². The molecule has 1 N–H and O–H groups in total. The monoisotopic (exact) mass is 771 g/mol. The second-order valence-electron chi connectivity index (χ2n) is 10.2. The number of hydrogen-bond acceptors (Lipinski definition) is 5. The van der Waals surface area contributed by atoms with E-state index in [0.29, 0.717) is 30.5 Å². The summed E-state index contributed by atoms with van der Waals surface area (Å²) in [4.78, 5) is 19.9. The minimum atomic E-state index is -3.11. The first-order chi connectivity index (χ1) is 23.4. The lowest BCUT2D eigenvalue weighted by molar-refractivity contribution is 0.559. The number of H-pyrrole nitrogens is 1. The molecule has 49 heavy (non-hydrogen) atoms. The van der Waals surface area contributed by atoms with Crippen LogP contribution in [0.3, 0.4) is 0 Å². The quantitative estimate of drug-likeness (QED) is 0.189. The Morgan fingerprint density at radius 3 is 1.69 bits per heavy atom. The van der Waals surface area contributed by atoms with E-state index in [1.165, 1.54) is 5.56 Å². The molecule has 0 unspecified atom stereocenters. The van der Waals surface area contributed by atoms with Crippen LogP contribution < -0.4 is 5.43 Å². The normalized spacial score (nSPS) is 10.2. The smallest absolute Gasteiger partial charge is 0.354 e. The van der Waals surface area contributed by atoms with Crippen LogP contribution in [-0.4, -0.2) is 22.6 Å². The number of halogens is 5. The molecule has 0 radical (unpaired) electrons. The Hall–Kier alpha value is -4.21. The van der Waals surface area contributed by atoms with Crippen molar-refractivity contribution >= 4 is 90.4 Å². The maximum atomic E-state index is 12.0. The summed E-state index contributed by atoms with van der Waals surface area (Å²) in [6.07, 6.45) is 0. The van der Waals surface area contributed by atoms with Crippen molar-refractivity contribution in [2.75, 3.05) is 0 Å². The van der Waals surface area contributed by atoms with E-state index in [9.17, 15) is 4.79 Å². The topological polar surface area (TPSA) is 97.0 Å². The predicted molar refractivity (Wildman–Crippen MR) is 205 cm³/mol. The number of nitrogens with one attached hydrogen (secondary N) is 1. The molecule has 0 spiro atoms. The lowest BCUT2D eigenvalue weighted by atomic mass is 10.1. The Balaban J connectivity index is 0.000000206. The van der Waals surface area contributed by atoms with Crippen LogP contribution in [0.25, 0.3) is 44.3 Å². The molecule has 2 aromatic heterocycles. The number of nitrogens with zero attached hydrogens (tertiary/aromatic N) is 1.